The van der Waals surface area contributed by atoms with Crippen molar-refractivity contribution < 1.29 is 22.8 Å². The van der Waals surface area contributed by atoms with Gasteiger partial charge in [0.25, 0.3) is 5.91 Å². The zero-order valence-electron chi connectivity index (χ0n) is 17.8. The molecule has 1 aromatic carbocycles. The highest BCUT2D eigenvalue weighted by molar-refractivity contribution is 7.91. The molecule has 0 spiro atoms. The predicted molar refractivity (Wildman–Crippen MR) is 114 cm³/mol. The summed E-state index contributed by atoms with van der Waals surface area (Å²) in [5.41, 5.74) is 1.15. The Balaban J connectivity index is 1.57. The van der Waals surface area contributed by atoms with Gasteiger partial charge in [-0.3, -0.25) is 4.79 Å². The maximum Gasteiger partial charge on any atom is 0.278 e. The van der Waals surface area contributed by atoms with Crippen LogP contribution in [0.1, 0.15) is 20.3 Å². The van der Waals surface area contributed by atoms with Gasteiger partial charge in [-0.1, -0.05) is 19.9 Å². The monoisotopic (exact) mass is 424 g/mol. The first-order valence-corrected chi connectivity index (χ1v) is 12.3. The maximum atomic E-state index is 13.1. The summed E-state index contributed by atoms with van der Waals surface area (Å²) < 4.78 is 29.1. The van der Waals surface area contributed by atoms with Gasteiger partial charge in [-0.15, -0.1) is 0 Å². The molecule has 1 N–H and O–H groups in total. The van der Waals surface area contributed by atoms with Crippen molar-refractivity contribution in [2.45, 2.75) is 26.3 Å². The summed E-state index contributed by atoms with van der Waals surface area (Å²) in [5.74, 6) is 1.58. The fourth-order valence-electron chi connectivity index (χ4n) is 4.25. The van der Waals surface area contributed by atoms with Gasteiger partial charge in [0.15, 0.2) is 16.4 Å². The molecule has 2 saturated heterocycles. The van der Waals surface area contributed by atoms with Gasteiger partial charge in [0.05, 0.1) is 44.8 Å². The smallest absolute Gasteiger partial charge is 0.278 e. The molecular weight excluding hydrogens is 390 g/mol. The minimum atomic E-state index is -3.00. The molecule has 2 heterocycles. The van der Waals surface area contributed by atoms with E-state index in [9.17, 15) is 13.2 Å². The van der Waals surface area contributed by atoms with Crippen molar-refractivity contribution in [2.75, 3.05) is 62.8 Å². The molecule has 2 fully saturated rings. The molecule has 0 unspecified atom stereocenters. The number of rotatable bonds is 7. The fourth-order valence-corrected chi connectivity index (χ4v) is 5.98. The number of sulfone groups is 1. The number of carbonyl (C=O) groups excluding carboxylic acids is 1. The summed E-state index contributed by atoms with van der Waals surface area (Å²) in [7, 11) is -1.33. The summed E-state index contributed by atoms with van der Waals surface area (Å²) in [5, 5.41) is 0. The number of carbonyl (C=O) groups is 1. The number of benzene rings is 1. The highest BCUT2D eigenvalue weighted by Crippen LogP contribution is 2.21. The van der Waals surface area contributed by atoms with Crippen molar-refractivity contribution >= 4 is 21.4 Å². The van der Waals surface area contributed by atoms with E-state index in [1.165, 1.54) is 4.90 Å². The number of quaternary nitrogens is 1. The Labute approximate surface area is 174 Å². The van der Waals surface area contributed by atoms with Gasteiger partial charge < -0.3 is 19.4 Å². The molecule has 0 saturated carbocycles. The quantitative estimate of drug-likeness (QED) is 0.671. The SMILES string of the molecule is COc1cccc(N2CC[NH+](CC(=O)N(CC(C)C)[C@H]3CCS(=O)(=O)C3)CC2)c1. The topological polar surface area (TPSA) is 71.4 Å². The van der Waals surface area contributed by atoms with E-state index < -0.39 is 9.84 Å². The molecule has 7 nitrogen and oxygen atoms in total. The number of piperazine rings is 1. The van der Waals surface area contributed by atoms with Crippen LogP contribution in [0.15, 0.2) is 24.3 Å². The van der Waals surface area contributed by atoms with E-state index in [-0.39, 0.29) is 23.5 Å². The lowest BCUT2D eigenvalue weighted by Gasteiger charge is -2.35. The average molecular weight is 425 g/mol. The van der Waals surface area contributed by atoms with Crippen LogP contribution >= 0.6 is 0 Å². The van der Waals surface area contributed by atoms with Crippen LogP contribution in [-0.4, -0.2) is 83.2 Å². The van der Waals surface area contributed by atoms with Crippen molar-refractivity contribution in [3.8, 4) is 5.75 Å². The van der Waals surface area contributed by atoms with Gasteiger partial charge in [-0.2, -0.15) is 0 Å². The zero-order chi connectivity index (χ0) is 21.0. The Morgan fingerprint density at radius 2 is 2.03 bits per heavy atom. The third-order valence-electron chi connectivity index (χ3n) is 5.82. The first-order chi connectivity index (χ1) is 13.8. The van der Waals surface area contributed by atoms with Crippen molar-refractivity contribution in [2.24, 2.45) is 5.92 Å². The maximum absolute atomic E-state index is 13.1. The summed E-state index contributed by atoms with van der Waals surface area (Å²) in [6.45, 7) is 8.77. The normalized spacial score (nSPS) is 22.1. The highest BCUT2D eigenvalue weighted by atomic mass is 32.2. The molecule has 2 aliphatic rings. The molecule has 0 aromatic heterocycles. The van der Waals surface area contributed by atoms with Gasteiger partial charge in [0.1, 0.15) is 5.75 Å². The van der Waals surface area contributed by atoms with Crippen LogP contribution in [0.4, 0.5) is 5.69 Å². The summed E-state index contributed by atoms with van der Waals surface area (Å²) in [6.07, 6.45) is 0.569. The molecule has 0 radical (unpaired) electrons. The van der Waals surface area contributed by atoms with Crippen LogP contribution in [0.3, 0.4) is 0 Å². The molecular formula is C21H34N3O4S+. The third kappa shape index (κ3) is 5.85. The Kier molecular flexibility index (Phi) is 7.05. The molecule has 1 amide bonds. The lowest BCUT2D eigenvalue weighted by Crippen LogP contribution is -3.16. The van der Waals surface area contributed by atoms with Crippen LogP contribution in [0, 0.1) is 5.92 Å². The van der Waals surface area contributed by atoms with Crippen molar-refractivity contribution in [1.29, 1.82) is 0 Å². The van der Waals surface area contributed by atoms with Crippen LogP contribution < -0.4 is 14.5 Å². The number of hydrogen-bond donors (Lipinski definition) is 1. The van der Waals surface area contributed by atoms with Gasteiger partial charge >= 0.3 is 0 Å². The number of hydrogen-bond acceptors (Lipinski definition) is 5. The summed E-state index contributed by atoms with van der Waals surface area (Å²) in [6, 6.07) is 7.91. The largest absolute Gasteiger partial charge is 0.497 e. The van der Waals surface area contributed by atoms with Gasteiger partial charge in [-0.25, -0.2) is 8.42 Å². The van der Waals surface area contributed by atoms with Crippen LogP contribution in [0.25, 0.3) is 0 Å². The van der Waals surface area contributed by atoms with Crippen LogP contribution in [0.5, 0.6) is 5.75 Å². The van der Waals surface area contributed by atoms with Gasteiger partial charge in [-0.05, 0) is 24.5 Å². The van der Waals surface area contributed by atoms with E-state index in [1.54, 1.807) is 7.11 Å². The number of methoxy groups -OCH3 is 1. The lowest BCUT2D eigenvalue weighted by molar-refractivity contribution is -0.892. The molecule has 1 aromatic rings. The van der Waals surface area contributed by atoms with E-state index in [4.69, 9.17) is 4.74 Å². The Morgan fingerprint density at radius 1 is 1.31 bits per heavy atom. The molecule has 1 atom stereocenters. The molecule has 3 rings (SSSR count). The fraction of sp³-hybridized carbons (Fsp3) is 0.667. The van der Waals surface area contributed by atoms with Crippen molar-refractivity contribution in [1.82, 2.24) is 4.90 Å². The zero-order valence-corrected chi connectivity index (χ0v) is 18.6. The third-order valence-corrected chi connectivity index (χ3v) is 7.57. The van der Waals surface area contributed by atoms with Crippen molar-refractivity contribution in [3.63, 3.8) is 0 Å². The van der Waals surface area contributed by atoms with E-state index >= 15 is 0 Å². The number of ether oxygens (including phenoxy) is 1. The number of anilines is 1. The number of amides is 1. The molecule has 0 bridgehead atoms. The first kappa shape index (κ1) is 21.9. The highest BCUT2D eigenvalue weighted by Gasteiger charge is 2.36. The summed E-state index contributed by atoms with van der Waals surface area (Å²) >= 11 is 0. The second-order valence-corrected chi connectivity index (χ2v) is 10.8. The van der Waals surface area contributed by atoms with E-state index in [0.717, 1.165) is 37.6 Å². The van der Waals surface area contributed by atoms with E-state index in [0.29, 0.717) is 25.4 Å². The molecule has 0 aliphatic carbocycles. The Bertz CT molecular complexity index is 804. The first-order valence-electron chi connectivity index (χ1n) is 10.5. The predicted octanol–water partition coefficient (Wildman–Crippen LogP) is 0.0718. The van der Waals surface area contributed by atoms with Gasteiger partial charge in [0.2, 0.25) is 0 Å². The van der Waals surface area contributed by atoms with Crippen LogP contribution in [0.2, 0.25) is 0 Å². The minimum absolute atomic E-state index is 0.0885. The standard InChI is InChI=1S/C21H33N3O4S/c1-17(2)14-24(19-7-12-29(26,27)16-19)21(25)15-22-8-10-23(11-9-22)18-5-4-6-20(13-18)28-3/h4-6,13,17,19H,7-12,14-16H2,1-3H3/p+1/t19-/m0/s1. The molecule has 162 valence electrons. The van der Waals surface area contributed by atoms with E-state index in [2.05, 4.69) is 24.8 Å². The van der Waals surface area contributed by atoms with Crippen LogP contribution in [-0.2, 0) is 14.6 Å². The molecule has 29 heavy (non-hydrogen) atoms. The average Bonchev–Trinajstić information content (AvgIpc) is 3.06. The second-order valence-electron chi connectivity index (χ2n) is 8.61. The Hall–Kier alpha value is -1.80. The summed E-state index contributed by atoms with van der Waals surface area (Å²) in [4.78, 5) is 18.5. The number of nitrogens with zero attached hydrogens (tertiary/aromatic N) is 2. The van der Waals surface area contributed by atoms with Gasteiger partial charge in [0, 0.05) is 24.3 Å². The van der Waals surface area contributed by atoms with E-state index in [1.807, 2.05) is 23.1 Å². The second kappa shape index (κ2) is 9.34. The number of nitrogens with one attached hydrogen (secondary N) is 1. The lowest BCUT2D eigenvalue weighted by atomic mass is 10.1. The van der Waals surface area contributed by atoms with Crippen molar-refractivity contribution in [3.05, 3.63) is 24.3 Å². The molecule has 8 heteroatoms. The Morgan fingerprint density at radius 3 is 2.62 bits per heavy atom. The molecule has 2 aliphatic heterocycles. The minimum Gasteiger partial charge on any atom is -0.497 e.